The summed E-state index contributed by atoms with van der Waals surface area (Å²) in [5.41, 5.74) is -0.647. The van der Waals surface area contributed by atoms with Crippen LogP contribution in [0.1, 0.15) is 44.4 Å². The lowest BCUT2D eigenvalue weighted by Crippen LogP contribution is -2.40. The van der Waals surface area contributed by atoms with Crippen molar-refractivity contribution in [1.82, 2.24) is 4.98 Å². The predicted octanol–water partition coefficient (Wildman–Crippen LogP) is 2.06. The van der Waals surface area contributed by atoms with E-state index in [0.29, 0.717) is 30.2 Å². The van der Waals surface area contributed by atoms with Crippen LogP contribution in [-0.4, -0.2) is 27.9 Å². The molecule has 4 heteroatoms. The van der Waals surface area contributed by atoms with E-state index in [1.807, 2.05) is 0 Å². The number of hydrogen-bond donors (Lipinski definition) is 2. The van der Waals surface area contributed by atoms with Crippen LogP contribution in [0.3, 0.4) is 0 Å². The number of nitrogens with zero attached hydrogens (tertiary/aromatic N) is 1. The average Bonchev–Trinajstić information content (AvgIpc) is 2.41. The minimum atomic E-state index is -1.08. The lowest BCUT2D eigenvalue weighted by Gasteiger charge is -2.38. The fourth-order valence-electron chi connectivity index (χ4n) is 2.57. The smallest absolute Gasteiger partial charge is 0.143 e. The van der Waals surface area contributed by atoms with Gasteiger partial charge in [0.05, 0.1) is 12.7 Å². The molecule has 18 heavy (non-hydrogen) atoms. The van der Waals surface area contributed by atoms with Crippen LogP contribution in [0.5, 0.6) is 5.75 Å². The molecule has 1 saturated carbocycles. The Morgan fingerprint density at radius 1 is 1.44 bits per heavy atom. The van der Waals surface area contributed by atoms with Crippen LogP contribution in [0.2, 0.25) is 0 Å². The van der Waals surface area contributed by atoms with Crippen molar-refractivity contribution in [2.45, 2.75) is 44.3 Å². The van der Waals surface area contributed by atoms with Crippen molar-refractivity contribution in [3.05, 3.63) is 24.0 Å². The summed E-state index contributed by atoms with van der Waals surface area (Å²) in [5, 5.41) is 21.0. The summed E-state index contributed by atoms with van der Waals surface area (Å²) in [4.78, 5) is 4.15. The molecule has 1 aromatic heterocycles. The van der Waals surface area contributed by atoms with E-state index in [0.717, 1.165) is 12.8 Å². The summed E-state index contributed by atoms with van der Waals surface area (Å²) in [7, 11) is 1.54. The zero-order valence-electron chi connectivity index (χ0n) is 11.0. The number of pyridine rings is 1. The molecule has 4 nitrogen and oxygen atoms in total. The highest BCUT2D eigenvalue weighted by atomic mass is 16.5. The second kappa shape index (κ2) is 5.24. The van der Waals surface area contributed by atoms with Crippen molar-refractivity contribution < 1.29 is 14.9 Å². The molecular formula is C14H21NO3. The Morgan fingerprint density at radius 3 is 2.72 bits per heavy atom. The molecule has 0 saturated heterocycles. The molecule has 100 valence electrons. The summed E-state index contributed by atoms with van der Waals surface area (Å²) in [6.07, 6.45) is 3.70. The zero-order chi connectivity index (χ0) is 13.2. The van der Waals surface area contributed by atoms with E-state index in [2.05, 4.69) is 11.9 Å². The molecular weight excluding hydrogens is 230 g/mol. The van der Waals surface area contributed by atoms with Gasteiger partial charge in [0, 0.05) is 6.20 Å². The van der Waals surface area contributed by atoms with Gasteiger partial charge >= 0.3 is 0 Å². The lowest BCUT2D eigenvalue weighted by molar-refractivity contribution is -0.107. The molecule has 0 bridgehead atoms. The zero-order valence-corrected chi connectivity index (χ0v) is 11.0. The third-order valence-corrected chi connectivity index (χ3v) is 3.93. The quantitative estimate of drug-likeness (QED) is 0.863. The average molecular weight is 251 g/mol. The second-order valence-corrected chi connectivity index (χ2v) is 5.28. The number of aromatic nitrogens is 1. The van der Waals surface area contributed by atoms with Gasteiger partial charge in [-0.25, -0.2) is 0 Å². The van der Waals surface area contributed by atoms with Gasteiger partial charge < -0.3 is 14.9 Å². The largest absolute Gasteiger partial charge is 0.495 e. The maximum absolute atomic E-state index is 10.6. The van der Waals surface area contributed by atoms with Crippen molar-refractivity contribution in [2.75, 3.05) is 7.11 Å². The van der Waals surface area contributed by atoms with E-state index in [9.17, 15) is 10.2 Å². The fourth-order valence-corrected chi connectivity index (χ4v) is 2.57. The van der Waals surface area contributed by atoms with E-state index >= 15 is 0 Å². The van der Waals surface area contributed by atoms with E-state index in [1.165, 1.54) is 0 Å². The Labute approximate surface area is 108 Å². The molecule has 1 aromatic rings. The summed E-state index contributed by atoms with van der Waals surface area (Å²) in [5.74, 6) is 1.14. The molecule has 1 fully saturated rings. The number of methoxy groups -OCH3 is 1. The fraction of sp³-hybridized carbons (Fsp3) is 0.643. The van der Waals surface area contributed by atoms with Crippen LogP contribution in [0.4, 0.5) is 0 Å². The Morgan fingerprint density at radius 2 is 2.11 bits per heavy atom. The van der Waals surface area contributed by atoms with Gasteiger partial charge in [-0.2, -0.15) is 0 Å². The van der Waals surface area contributed by atoms with E-state index in [1.54, 1.807) is 25.4 Å². The standard InChI is InChI=1S/C14H21NO3/c1-10-5-7-14(17,8-6-10)13(16)12-11(18-2)4-3-9-15-12/h3-4,9-10,13,16-17H,5-8H2,1-2H3. The molecule has 1 aliphatic carbocycles. The van der Waals surface area contributed by atoms with Crippen LogP contribution in [0, 0.1) is 5.92 Å². The van der Waals surface area contributed by atoms with Crippen LogP contribution >= 0.6 is 0 Å². The highest BCUT2D eigenvalue weighted by molar-refractivity contribution is 5.30. The number of aliphatic hydroxyl groups is 2. The van der Waals surface area contributed by atoms with Gasteiger partial charge in [0.2, 0.25) is 0 Å². The van der Waals surface area contributed by atoms with Crippen LogP contribution in [0.15, 0.2) is 18.3 Å². The highest BCUT2D eigenvalue weighted by Crippen LogP contribution is 2.41. The first-order valence-electron chi connectivity index (χ1n) is 6.46. The van der Waals surface area contributed by atoms with Crippen molar-refractivity contribution in [1.29, 1.82) is 0 Å². The first kappa shape index (κ1) is 13.3. The molecule has 1 heterocycles. The number of aliphatic hydroxyl groups excluding tert-OH is 1. The van der Waals surface area contributed by atoms with Gasteiger partial charge in [0.15, 0.2) is 0 Å². The number of ether oxygens (including phenoxy) is 1. The SMILES string of the molecule is COc1cccnc1C(O)C1(O)CCC(C)CC1. The van der Waals surface area contributed by atoms with Gasteiger partial charge in [-0.3, -0.25) is 4.98 Å². The number of rotatable bonds is 3. The van der Waals surface area contributed by atoms with Gasteiger partial charge in [-0.1, -0.05) is 6.92 Å². The summed E-state index contributed by atoms with van der Waals surface area (Å²) < 4.78 is 5.19. The summed E-state index contributed by atoms with van der Waals surface area (Å²) in [6.45, 7) is 2.17. The first-order chi connectivity index (χ1) is 8.57. The molecule has 0 aliphatic heterocycles. The normalized spacial score (nSPS) is 29.9. The van der Waals surface area contributed by atoms with E-state index in [-0.39, 0.29) is 0 Å². The minimum absolute atomic E-state index is 0.428. The lowest BCUT2D eigenvalue weighted by atomic mass is 9.75. The molecule has 2 rings (SSSR count). The van der Waals surface area contributed by atoms with E-state index < -0.39 is 11.7 Å². The summed E-state index contributed by atoms with van der Waals surface area (Å²) in [6, 6.07) is 3.50. The third-order valence-electron chi connectivity index (χ3n) is 3.93. The van der Waals surface area contributed by atoms with Gasteiger partial charge in [-0.05, 0) is 43.7 Å². The Kier molecular flexibility index (Phi) is 3.88. The van der Waals surface area contributed by atoms with Gasteiger partial charge in [0.1, 0.15) is 17.5 Å². The van der Waals surface area contributed by atoms with Gasteiger partial charge in [-0.15, -0.1) is 0 Å². The van der Waals surface area contributed by atoms with Crippen molar-refractivity contribution in [3.8, 4) is 5.75 Å². The van der Waals surface area contributed by atoms with Crippen molar-refractivity contribution in [2.24, 2.45) is 5.92 Å². The Hall–Kier alpha value is -1.13. The van der Waals surface area contributed by atoms with Gasteiger partial charge in [0.25, 0.3) is 0 Å². The second-order valence-electron chi connectivity index (χ2n) is 5.28. The van der Waals surface area contributed by atoms with Crippen molar-refractivity contribution in [3.63, 3.8) is 0 Å². The third kappa shape index (κ3) is 2.49. The minimum Gasteiger partial charge on any atom is -0.495 e. The van der Waals surface area contributed by atoms with Crippen LogP contribution in [0.25, 0.3) is 0 Å². The molecule has 1 unspecified atom stereocenters. The molecule has 1 atom stereocenters. The molecule has 0 radical (unpaired) electrons. The molecule has 0 aromatic carbocycles. The molecule has 0 spiro atoms. The molecule has 2 N–H and O–H groups in total. The highest BCUT2D eigenvalue weighted by Gasteiger charge is 2.41. The van der Waals surface area contributed by atoms with Crippen LogP contribution < -0.4 is 4.74 Å². The molecule has 0 amide bonds. The monoisotopic (exact) mass is 251 g/mol. The maximum Gasteiger partial charge on any atom is 0.143 e. The Bertz CT molecular complexity index is 400. The van der Waals surface area contributed by atoms with E-state index in [4.69, 9.17) is 4.74 Å². The number of hydrogen-bond acceptors (Lipinski definition) is 4. The Balaban J connectivity index is 2.22. The topological polar surface area (TPSA) is 62.6 Å². The van der Waals surface area contributed by atoms with Crippen molar-refractivity contribution >= 4 is 0 Å². The molecule has 1 aliphatic rings. The first-order valence-corrected chi connectivity index (χ1v) is 6.46. The predicted molar refractivity (Wildman–Crippen MR) is 68.3 cm³/mol. The maximum atomic E-state index is 10.6. The summed E-state index contributed by atoms with van der Waals surface area (Å²) >= 11 is 0. The van der Waals surface area contributed by atoms with Crippen LogP contribution in [-0.2, 0) is 0 Å².